The second-order valence-electron chi connectivity index (χ2n) is 6.32. The van der Waals surface area contributed by atoms with Crippen LogP contribution in [0.25, 0.3) is 11.8 Å². The van der Waals surface area contributed by atoms with E-state index < -0.39 is 0 Å². The van der Waals surface area contributed by atoms with Crippen LogP contribution in [0.3, 0.4) is 0 Å². The minimum Gasteiger partial charge on any atom is -0.497 e. The molecule has 7 nitrogen and oxygen atoms in total. The zero-order chi connectivity index (χ0) is 20.4. The first-order valence-corrected chi connectivity index (χ1v) is 9.71. The highest BCUT2D eigenvalue weighted by Crippen LogP contribution is 2.33. The van der Waals surface area contributed by atoms with E-state index in [1.54, 1.807) is 11.8 Å². The number of methoxy groups -OCH3 is 1. The number of thioether (sulfide) groups is 1. The van der Waals surface area contributed by atoms with Crippen LogP contribution in [-0.2, 0) is 4.79 Å². The molecule has 0 saturated carbocycles. The number of amidine groups is 1. The second-order valence-corrected chi connectivity index (χ2v) is 7.35. The molecule has 0 unspecified atom stereocenters. The molecule has 4 rings (SSSR count). The van der Waals surface area contributed by atoms with Crippen LogP contribution in [-0.4, -0.2) is 28.0 Å². The number of nitrogens with zero attached hydrogens (tertiary/aromatic N) is 3. The van der Waals surface area contributed by atoms with Crippen LogP contribution in [0.15, 0.2) is 64.5 Å². The summed E-state index contributed by atoms with van der Waals surface area (Å²) >= 11 is 1.27. The highest BCUT2D eigenvalue weighted by Gasteiger charge is 2.25. The number of hydrogen-bond acceptors (Lipinski definition) is 6. The summed E-state index contributed by atoms with van der Waals surface area (Å²) in [7, 11) is 1.62. The van der Waals surface area contributed by atoms with Gasteiger partial charge in [-0.3, -0.25) is 4.79 Å². The van der Waals surface area contributed by atoms with E-state index in [4.69, 9.17) is 10.5 Å². The number of nitrogen functional groups attached to an aromatic ring is 1. The predicted octanol–water partition coefficient (Wildman–Crippen LogP) is 3.66. The summed E-state index contributed by atoms with van der Waals surface area (Å²) in [4.78, 5) is 17.4. The van der Waals surface area contributed by atoms with Crippen molar-refractivity contribution in [3.8, 4) is 11.4 Å². The monoisotopic (exact) mass is 405 g/mol. The normalized spacial score (nSPS) is 16.4. The Morgan fingerprint density at radius 1 is 1.17 bits per heavy atom. The van der Waals surface area contributed by atoms with Gasteiger partial charge in [-0.2, -0.15) is 5.10 Å². The first kappa shape index (κ1) is 18.8. The maximum atomic E-state index is 12.3. The lowest BCUT2D eigenvalue weighted by Crippen LogP contribution is -2.19. The van der Waals surface area contributed by atoms with Gasteiger partial charge < -0.3 is 15.8 Å². The number of aromatic nitrogens is 2. The molecule has 0 bridgehead atoms. The second kappa shape index (κ2) is 7.84. The number of para-hydroxylation sites is 1. The SMILES string of the molecule is COc1ccc(/C=C2/SC(=Nc3c(C)nn(-c4ccccc4)c3N)NC2=O)cc1. The van der Waals surface area contributed by atoms with Gasteiger partial charge in [-0.15, -0.1) is 0 Å². The minimum absolute atomic E-state index is 0.198. The van der Waals surface area contributed by atoms with E-state index >= 15 is 0 Å². The van der Waals surface area contributed by atoms with Gasteiger partial charge in [0.1, 0.15) is 11.4 Å². The van der Waals surface area contributed by atoms with Gasteiger partial charge in [0.25, 0.3) is 5.91 Å². The molecule has 1 fully saturated rings. The Balaban J connectivity index is 1.61. The van der Waals surface area contributed by atoms with E-state index in [0.29, 0.717) is 27.3 Å². The van der Waals surface area contributed by atoms with Gasteiger partial charge in [-0.25, -0.2) is 9.67 Å². The Hall–Kier alpha value is -3.52. The Bertz CT molecular complexity index is 1120. The van der Waals surface area contributed by atoms with Gasteiger partial charge in [0.2, 0.25) is 0 Å². The molecule has 0 atom stereocenters. The molecule has 1 saturated heterocycles. The van der Waals surface area contributed by atoms with E-state index in [-0.39, 0.29) is 5.91 Å². The first-order chi connectivity index (χ1) is 14.0. The molecule has 1 aliphatic heterocycles. The van der Waals surface area contributed by atoms with Crippen molar-refractivity contribution in [3.63, 3.8) is 0 Å². The molecule has 2 heterocycles. The molecule has 1 amide bonds. The zero-order valence-electron chi connectivity index (χ0n) is 15.9. The van der Waals surface area contributed by atoms with Crippen molar-refractivity contribution < 1.29 is 9.53 Å². The molecule has 3 N–H and O–H groups in total. The highest BCUT2D eigenvalue weighted by atomic mass is 32.2. The number of nitrogens with one attached hydrogen (secondary N) is 1. The number of anilines is 1. The van der Waals surface area contributed by atoms with Gasteiger partial charge in [0.05, 0.1) is 23.4 Å². The quantitative estimate of drug-likeness (QED) is 0.646. The summed E-state index contributed by atoms with van der Waals surface area (Å²) in [6.45, 7) is 1.84. The van der Waals surface area contributed by atoms with Crippen molar-refractivity contribution in [1.29, 1.82) is 0 Å². The summed E-state index contributed by atoms with van der Waals surface area (Å²) in [5, 5.41) is 7.74. The third-order valence-electron chi connectivity index (χ3n) is 4.34. The third-order valence-corrected chi connectivity index (χ3v) is 5.25. The topological polar surface area (TPSA) is 94.5 Å². The number of nitrogens with two attached hydrogens (primary N) is 1. The van der Waals surface area contributed by atoms with Crippen molar-refractivity contribution in [2.45, 2.75) is 6.92 Å². The van der Waals surface area contributed by atoms with Gasteiger partial charge in [-0.05, 0) is 54.6 Å². The van der Waals surface area contributed by atoms with E-state index in [9.17, 15) is 4.79 Å². The standard InChI is InChI=1S/C21H19N5O2S/c1-13-18(19(22)26(25-13)15-6-4-3-5-7-15)23-21-24-20(27)17(29-21)12-14-8-10-16(28-2)11-9-14/h3-12H,22H2,1-2H3,(H,23,24,27)/b17-12+. The fourth-order valence-electron chi connectivity index (χ4n) is 2.87. The van der Waals surface area contributed by atoms with Crippen molar-refractivity contribution in [1.82, 2.24) is 15.1 Å². The Kier molecular flexibility index (Phi) is 5.09. The summed E-state index contributed by atoms with van der Waals surface area (Å²) < 4.78 is 6.80. The molecule has 0 spiro atoms. The van der Waals surface area contributed by atoms with Crippen molar-refractivity contribution in [2.24, 2.45) is 4.99 Å². The minimum atomic E-state index is -0.198. The fraction of sp³-hybridized carbons (Fsp3) is 0.0952. The maximum absolute atomic E-state index is 12.3. The van der Waals surface area contributed by atoms with Crippen LogP contribution in [0.5, 0.6) is 5.75 Å². The smallest absolute Gasteiger partial charge is 0.264 e. The van der Waals surface area contributed by atoms with Gasteiger partial charge in [-0.1, -0.05) is 30.3 Å². The van der Waals surface area contributed by atoms with Crippen LogP contribution in [0, 0.1) is 6.92 Å². The highest BCUT2D eigenvalue weighted by molar-refractivity contribution is 8.18. The number of aliphatic imine (C=N–C) groups is 1. The van der Waals surface area contributed by atoms with Crippen LogP contribution in [0.2, 0.25) is 0 Å². The molecule has 3 aromatic rings. The predicted molar refractivity (Wildman–Crippen MR) is 117 cm³/mol. The molecule has 29 heavy (non-hydrogen) atoms. The van der Waals surface area contributed by atoms with Gasteiger partial charge >= 0.3 is 0 Å². The molecule has 2 aromatic carbocycles. The number of hydrogen-bond donors (Lipinski definition) is 2. The lowest BCUT2D eigenvalue weighted by molar-refractivity contribution is -0.115. The number of benzene rings is 2. The zero-order valence-corrected chi connectivity index (χ0v) is 16.7. The van der Waals surface area contributed by atoms with E-state index in [2.05, 4.69) is 15.4 Å². The first-order valence-electron chi connectivity index (χ1n) is 8.89. The van der Waals surface area contributed by atoms with Gasteiger partial charge in [0, 0.05) is 0 Å². The molecule has 0 radical (unpaired) electrons. The summed E-state index contributed by atoms with van der Waals surface area (Å²) in [6, 6.07) is 17.1. The van der Waals surface area contributed by atoms with Gasteiger partial charge in [0.15, 0.2) is 11.0 Å². The molecule has 0 aliphatic carbocycles. The number of ether oxygens (including phenoxy) is 1. The number of aryl methyl sites for hydroxylation is 1. The molecular weight excluding hydrogens is 386 g/mol. The van der Waals surface area contributed by atoms with Crippen molar-refractivity contribution in [2.75, 3.05) is 12.8 Å². The van der Waals surface area contributed by atoms with Crippen molar-refractivity contribution in [3.05, 3.63) is 70.8 Å². The average Bonchev–Trinajstić information content (AvgIpc) is 3.23. The number of carbonyl (C=O) groups excluding carboxylic acids is 1. The summed E-state index contributed by atoms with van der Waals surface area (Å²) in [5.41, 5.74) is 9.26. The van der Waals surface area contributed by atoms with Crippen LogP contribution >= 0.6 is 11.8 Å². The van der Waals surface area contributed by atoms with Crippen LogP contribution < -0.4 is 15.8 Å². The van der Waals surface area contributed by atoms with E-state index in [1.165, 1.54) is 11.8 Å². The molecule has 1 aliphatic rings. The third kappa shape index (κ3) is 3.88. The lowest BCUT2D eigenvalue weighted by Gasteiger charge is -2.03. The number of carbonyl (C=O) groups is 1. The number of amides is 1. The molecule has 146 valence electrons. The average molecular weight is 405 g/mol. The summed E-state index contributed by atoms with van der Waals surface area (Å²) in [5.74, 6) is 0.985. The molecular formula is C21H19N5O2S. The molecule has 1 aromatic heterocycles. The van der Waals surface area contributed by atoms with E-state index in [1.807, 2.05) is 67.6 Å². The van der Waals surface area contributed by atoms with Crippen LogP contribution in [0.1, 0.15) is 11.3 Å². The van der Waals surface area contributed by atoms with Crippen LogP contribution in [0.4, 0.5) is 11.5 Å². The Morgan fingerprint density at radius 3 is 2.59 bits per heavy atom. The molecule has 8 heteroatoms. The summed E-state index contributed by atoms with van der Waals surface area (Å²) in [6.07, 6.45) is 1.81. The maximum Gasteiger partial charge on any atom is 0.264 e. The fourth-order valence-corrected chi connectivity index (χ4v) is 3.70. The number of rotatable bonds is 4. The van der Waals surface area contributed by atoms with Crippen molar-refractivity contribution >= 4 is 40.4 Å². The van der Waals surface area contributed by atoms with E-state index in [0.717, 1.165) is 17.0 Å². The Morgan fingerprint density at radius 2 is 1.90 bits per heavy atom. The lowest BCUT2D eigenvalue weighted by atomic mass is 10.2. The largest absolute Gasteiger partial charge is 0.497 e. The Labute approximate surface area is 172 Å².